The molecule has 1 amide bonds. The van der Waals surface area contributed by atoms with Crippen LogP contribution in [-0.4, -0.2) is 24.1 Å². The Kier molecular flexibility index (Phi) is 4.29. The molecule has 6 nitrogen and oxygen atoms in total. The minimum atomic E-state index is -0.927. The molecule has 0 radical (unpaired) electrons. The van der Waals surface area contributed by atoms with E-state index in [1.54, 1.807) is 13.0 Å². The summed E-state index contributed by atoms with van der Waals surface area (Å²) in [5, 5.41) is 8.31. The fraction of sp³-hybridized carbons (Fsp3) is 0.167. The van der Waals surface area contributed by atoms with Gasteiger partial charge in [0.15, 0.2) is 11.7 Å². The first-order chi connectivity index (χ1) is 11.6. The number of nitrogens with one attached hydrogen (secondary N) is 1. The molecule has 0 aliphatic heterocycles. The largest absolute Gasteiger partial charge is 0.467 e. The number of nitrogens with zero attached hydrogens (tertiary/aromatic N) is 1. The van der Waals surface area contributed by atoms with Gasteiger partial charge >= 0.3 is 5.97 Å². The van der Waals surface area contributed by atoms with Crippen molar-refractivity contribution in [1.82, 2.24) is 10.5 Å². The third-order valence-electron chi connectivity index (χ3n) is 3.68. The van der Waals surface area contributed by atoms with Crippen LogP contribution in [-0.2, 0) is 9.53 Å². The summed E-state index contributed by atoms with van der Waals surface area (Å²) in [6, 6.07) is 13.9. The van der Waals surface area contributed by atoms with Crippen molar-refractivity contribution < 1.29 is 18.8 Å². The molecule has 3 aromatic rings. The number of aromatic nitrogens is 1. The van der Waals surface area contributed by atoms with Crippen LogP contribution in [0.15, 0.2) is 53.1 Å². The zero-order chi connectivity index (χ0) is 17.1. The first kappa shape index (κ1) is 15.7. The average molecular weight is 324 g/mol. The predicted octanol–water partition coefficient (Wildman–Crippen LogP) is 2.78. The molecule has 122 valence electrons. The van der Waals surface area contributed by atoms with Crippen LogP contribution in [0.3, 0.4) is 0 Å². The van der Waals surface area contributed by atoms with E-state index in [-0.39, 0.29) is 5.69 Å². The van der Waals surface area contributed by atoms with E-state index in [0.29, 0.717) is 11.3 Å². The Hall–Kier alpha value is -3.15. The SMILES string of the molecule is COC(=O)[C@H](NC(=O)c1cc(C)on1)c1ccc2ccccc2c1. The highest BCUT2D eigenvalue weighted by molar-refractivity contribution is 5.96. The van der Waals surface area contributed by atoms with Gasteiger partial charge < -0.3 is 14.6 Å². The standard InChI is InChI=1S/C18H16N2O4/c1-11-9-15(20-24-11)17(21)19-16(18(22)23-2)14-8-7-12-5-3-4-6-13(12)10-14/h3-10,16H,1-2H3,(H,19,21)/t16-/m1/s1. The number of ether oxygens (including phenoxy) is 1. The van der Waals surface area contributed by atoms with Crippen molar-refractivity contribution in [2.45, 2.75) is 13.0 Å². The van der Waals surface area contributed by atoms with Gasteiger partial charge in [-0.1, -0.05) is 41.6 Å². The number of benzene rings is 2. The number of amides is 1. The number of hydrogen-bond donors (Lipinski definition) is 1. The highest BCUT2D eigenvalue weighted by Crippen LogP contribution is 2.22. The quantitative estimate of drug-likeness (QED) is 0.746. The summed E-state index contributed by atoms with van der Waals surface area (Å²) in [6.07, 6.45) is 0. The maximum Gasteiger partial charge on any atom is 0.333 e. The normalized spacial score (nSPS) is 11.9. The monoisotopic (exact) mass is 324 g/mol. The van der Waals surface area contributed by atoms with Crippen LogP contribution < -0.4 is 5.32 Å². The van der Waals surface area contributed by atoms with Crippen molar-refractivity contribution >= 4 is 22.6 Å². The highest BCUT2D eigenvalue weighted by Gasteiger charge is 2.25. The van der Waals surface area contributed by atoms with Gasteiger partial charge in [0.25, 0.3) is 5.91 Å². The van der Waals surface area contributed by atoms with E-state index in [4.69, 9.17) is 9.26 Å². The van der Waals surface area contributed by atoms with Gasteiger partial charge in [0, 0.05) is 6.07 Å². The topological polar surface area (TPSA) is 81.4 Å². The molecule has 0 spiro atoms. The Bertz CT molecular complexity index is 901. The molecule has 0 fully saturated rings. The molecule has 0 bridgehead atoms. The second-order valence-corrected chi connectivity index (χ2v) is 5.36. The van der Waals surface area contributed by atoms with Gasteiger partial charge in [-0.05, 0) is 29.3 Å². The molecule has 6 heteroatoms. The number of esters is 1. The Labute approximate surface area is 138 Å². The van der Waals surface area contributed by atoms with Crippen LogP contribution in [0.4, 0.5) is 0 Å². The number of carbonyl (C=O) groups excluding carboxylic acids is 2. The van der Waals surface area contributed by atoms with Crippen molar-refractivity contribution in [2.75, 3.05) is 7.11 Å². The Morgan fingerprint density at radius 3 is 2.54 bits per heavy atom. The van der Waals surface area contributed by atoms with Gasteiger partial charge in [-0.15, -0.1) is 0 Å². The van der Waals surface area contributed by atoms with Crippen LogP contribution in [0.1, 0.15) is 27.9 Å². The molecular formula is C18H16N2O4. The minimum Gasteiger partial charge on any atom is -0.467 e. The average Bonchev–Trinajstić information content (AvgIpc) is 3.05. The highest BCUT2D eigenvalue weighted by atomic mass is 16.5. The first-order valence-corrected chi connectivity index (χ1v) is 7.39. The maximum absolute atomic E-state index is 12.3. The van der Waals surface area contributed by atoms with Gasteiger partial charge in [-0.3, -0.25) is 4.79 Å². The predicted molar refractivity (Wildman–Crippen MR) is 87.4 cm³/mol. The number of aryl methyl sites for hydroxylation is 1. The zero-order valence-corrected chi connectivity index (χ0v) is 13.3. The molecule has 0 unspecified atom stereocenters. The third-order valence-corrected chi connectivity index (χ3v) is 3.68. The molecule has 1 N–H and O–H groups in total. The molecule has 1 atom stereocenters. The van der Waals surface area contributed by atoms with Gasteiger partial charge in [0.2, 0.25) is 0 Å². The summed E-state index contributed by atoms with van der Waals surface area (Å²) in [6.45, 7) is 1.69. The lowest BCUT2D eigenvalue weighted by atomic mass is 10.0. The van der Waals surface area contributed by atoms with Crippen LogP contribution in [0.5, 0.6) is 0 Å². The van der Waals surface area contributed by atoms with E-state index in [1.165, 1.54) is 13.2 Å². The second-order valence-electron chi connectivity index (χ2n) is 5.36. The summed E-state index contributed by atoms with van der Waals surface area (Å²) in [4.78, 5) is 24.4. The van der Waals surface area contributed by atoms with Crippen molar-refractivity contribution in [1.29, 1.82) is 0 Å². The Morgan fingerprint density at radius 1 is 1.12 bits per heavy atom. The molecule has 0 saturated heterocycles. The van der Waals surface area contributed by atoms with Gasteiger partial charge in [-0.25, -0.2) is 4.79 Å². The number of hydrogen-bond acceptors (Lipinski definition) is 5. The van der Waals surface area contributed by atoms with Gasteiger partial charge in [0.05, 0.1) is 7.11 Å². The van der Waals surface area contributed by atoms with Crippen LogP contribution in [0.2, 0.25) is 0 Å². The van der Waals surface area contributed by atoms with E-state index >= 15 is 0 Å². The van der Waals surface area contributed by atoms with E-state index in [0.717, 1.165) is 10.8 Å². The fourth-order valence-corrected chi connectivity index (χ4v) is 2.46. The lowest BCUT2D eigenvalue weighted by Gasteiger charge is -2.16. The van der Waals surface area contributed by atoms with Crippen molar-refractivity contribution in [3.05, 3.63) is 65.5 Å². The van der Waals surface area contributed by atoms with Crippen LogP contribution in [0.25, 0.3) is 10.8 Å². The van der Waals surface area contributed by atoms with Crippen molar-refractivity contribution in [3.8, 4) is 0 Å². The molecule has 2 aromatic carbocycles. The van der Waals surface area contributed by atoms with E-state index in [2.05, 4.69) is 10.5 Å². The number of fused-ring (bicyclic) bond motifs is 1. The van der Waals surface area contributed by atoms with Crippen molar-refractivity contribution in [2.24, 2.45) is 0 Å². The Balaban J connectivity index is 1.93. The number of methoxy groups -OCH3 is 1. The van der Waals surface area contributed by atoms with E-state index in [9.17, 15) is 9.59 Å². The van der Waals surface area contributed by atoms with Crippen molar-refractivity contribution in [3.63, 3.8) is 0 Å². The summed E-state index contributed by atoms with van der Waals surface area (Å²) in [5.41, 5.74) is 0.747. The number of rotatable bonds is 4. The Morgan fingerprint density at radius 2 is 1.88 bits per heavy atom. The third kappa shape index (κ3) is 3.12. The van der Waals surface area contributed by atoms with E-state index in [1.807, 2.05) is 36.4 Å². The van der Waals surface area contributed by atoms with E-state index < -0.39 is 17.9 Å². The van der Waals surface area contributed by atoms with Crippen LogP contribution in [0, 0.1) is 6.92 Å². The number of carbonyl (C=O) groups is 2. The smallest absolute Gasteiger partial charge is 0.333 e. The lowest BCUT2D eigenvalue weighted by Crippen LogP contribution is -2.34. The molecule has 3 rings (SSSR count). The zero-order valence-electron chi connectivity index (χ0n) is 13.3. The first-order valence-electron chi connectivity index (χ1n) is 7.39. The molecule has 1 heterocycles. The molecule has 0 aliphatic rings. The lowest BCUT2D eigenvalue weighted by molar-refractivity contribution is -0.143. The minimum absolute atomic E-state index is 0.113. The summed E-state index contributed by atoms with van der Waals surface area (Å²) >= 11 is 0. The fourth-order valence-electron chi connectivity index (χ4n) is 2.46. The molecule has 0 aliphatic carbocycles. The van der Waals surface area contributed by atoms with Gasteiger partial charge in [0.1, 0.15) is 5.76 Å². The molecular weight excluding hydrogens is 308 g/mol. The summed E-state index contributed by atoms with van der Waals surface area (Å²) in [5.74, 6) is -0.547. The van der Waals surface area contributed by atoms with Crippen LogP contribution >= 0.6 is 0 Å². The molecule has 1 aromatic heterocycles. The molecule has 24 heavy (non-hydrogen) atoms. The second kappa shape index (κ2) is 6.54. The van der Waals surface area contributed by atoms with Gasteiger partial charge in [-0.2, -0.15) is 0 Å². The summed E-state index contributed by atoms with van der Waals surface area (Å²) < 4.78 is 9.71. The maximum atomic E-state index is 12.3. The summed E-state index contributed by atoms with van der Waals surface area (Å²) in [7, 11) is 1.28. The molecule has 0 saturated carbocycles.